The molecule has 0 atom stereocenters. The van der Waals surface area contributed by atoms with Gasteiger partial charge < -0.3 is 10.6 Å². The molecule has 0 aromatic rings. The molecule has 0 aliphatic carbocycles. The van der Waals surface area contributed by atoms with E-state index in [1.165, 1.54) is 6.26 Å². The van der Waals surface area contributed by atoms with E-state index in [0.29, 0.717) is 6.54 Å². The molecule has 0 saturated heterocycles. The second-order valence-corrected chi connectivity index (χ2v) is 4.80. The maximum Gasteiger partial charge on any atom is 0.160 e. The van der Waals surface area contributed by atoms with Crippen molar-refractivity contribution in [2.24, 2.45) is 0 Å². The summed E-state index contributed by atoms with van der Waals surface area (Å²) in [6.45, 7) is 2.04. The molecule has 0 bridgehead atoms. The molecule has 0 aromatic carbocycles. The molecule has 0 heterocycles. The fourth-order valence-electron chi connectivity index (χ4n) is 0.511. The number of sulfone groups is 1. The van der Waals surface area contributed by atoms with Crippen molar-refractivity contribution in [3.8, 4) is 0 Å². The Labute approximate surface area is 79.8 Å². The van der Waals surface area contributed by atoms with Crippen molar-refractivity contribution in [1.82, 2.24) is 10.6 Å². The van der Waals surface area contributed by atoms with Crippen LogP contribution < -0.4 is 10.6 Å². The van der Waals surface area contributed by atoms with E-state index in [9.17, 15) is 13.2 Å². The Morgan fingerprint density at radius 2 is 1.69 bits per heavy atom. The van der Waals surface area contributed by atoms with Crippen LogP contribution in [0.25, 0.3) is 0 Å². The van der Waals surface area contributed by atoms with Crippen LogP contribution in [-0.4, -0.2) is 47.0 Å². The SMILES string of the molecule is CNCC(C)=O.CNCS(C)(=O)=O. The zero-order valence-electron chi connectivity index (χ0n) is 8.55. The normalized spacial score (nSPS) is 10.2. The predicted molar refractivity (Wildman–Crippen MR) is 53.4 cm³/mol. The summed E-state index contributed by atoms with van der Waals surface area (Å²) in [5.74, 6) is 0.241. The lowest BCUT2D eigenvalue weighted by molar-refractivity contribution is -0.116. The summed E-state index contributed by atoms with van der Waals surface area (Å²) in [6.07, 6.45) is 1.18. The van der Waals surface area contributed by atoms with Gasteiger partial charge in [0.25, 0.3) is 0 Å². The van der Waals surface area contributed by atoms with Gasteiger partial charge in [0.2, 0.25) is 0 Å². The van der Waals surface area contributed by atoms with Gasteiger partial charge in [-0.25, -0.2) is 8.42 Å². The molecular formula is C7H18N2O3S. The molecule has 0 aromatic heterocycles. The lowest BCUT2D eigenvalue weighted by Crippen LogP contribution is -2.16. The Morgan fingerprint density at radius 3 is 1.69 bits per heavy atom. The standard InChI is InChI=1S/C4H9NO.C3H9NO2S/c1-4(6)3-5-2;1-4-3-7(2,5)6/h5H,3H2,1-2H3;4H,3H2,1-2H3. The Morgan fingerprint density at radius 1 is 1.23 bits per heavy atom. The lowest BCUT2D eigenvalue weighted by Gasteiger charge is -1.90. The van der Waals surface area contributed by atoms with Gasteiger partial charge in [-0.05, 0) is 21.0 Å². The van der Waals surface area contributed by atoms with E-state index in [1.807, 2.05) is 0 Å². The van der Waals surface area contributed by atoms with Crippen molar-refractivity contribution in [2.45, 2.75) is 6.92 Å². The predicted octanol–water partition coefficient (Wildman–Crippen LogP) is -0.997. The number of ketones is 1. The highest BCUT2D eigenvalue weighted by Crippen LogP contribution is 1.72. The number of nitrogens with one attached hydrogen (secondary N) is 2. The van der Waals surface area contributed by atoms with E-state index in [1.54, 1.807) is 21.0 Å². The van der Waals surface area contributed by atoms with E-state index >= 15 is 0 Å². The maximum absolute atomic E-state index is 10.2. The van der Waals surface area contributed by atoms with Crippen LogP contribution in [-0.2, 0) is 14.6 Å². The minimum absolute atomic E-state index is 0.0625. The van der Waals surface area contributed by atoms with Gasteiger partial charge in [0.05, 0.1) is 12.4 Å². The van der Waals surface area contributed by atoms with Crippen LogP contribution in [0.1, 0.15) is 6.92 Å². The zero-order chi connectivity index (χ0) is 10.9. The highest BCUT2D eigenvalue weighted by atomic mass is 32.2. The van der Waals surface area contributed by atoms with E-state index in [2.05, 4.69) is 10.6 Å². The zero-order valence-corrected chi connectivity index (χ0v) is 9.36. The minimum atomic E-state index is -2.79. The van der Waals surface area contributed by atoms with E-state index in [4.69, 9.17) is 0 Å². The molecule has 5 nitrogen and oxygen atoms in total. The third-order valence-corrected chi connectivity index (χ3v) is 1.65. The molecule has 0 saturated carbocycles. The van der Waals surface area contributed by atoms with Gasteiger partial charge in [0.1, 0.15) is 5.78 Å². The molecule has 0 fully saturated rings. The molecule has 0 unspecified atom stereocenters. The topological polar surface area (TPSA) is 75.3 Å². The quantitative estimate of drug-likeness (QED) is 0.622. The van der Waals surface area contributed by atoms with Gasteiger partial charge in [0.15, 0.2) is 9.84 Å². The summed E-state index contributed by atoms with van der Waals surface area (Å²) in [5, 5.41) is 5.24. The Balaban J connectivity index is 0. The molecule has 2 N–H and O–H groups in total. The molecule has 0 radical (unpaired) electrons. The molecule has 6 heteroatoms. The average molecular weight is 210 g/mol. The number of carbonyl (C=O) groups excluding carboxylic acids is 1. The fraction of sp³-hybridized carbons (Fsp3) is 0.857. The van der Waals surface area contributed by atoms with E-state index < -0.39 is 9.84 Å². The molecule has 0 amide bonds. The van der Waals surface area contributed by atoms with E-state index in [-0.39, 0.29) is 11.7 Å². The molecular weight excluding hydrogens is 192 g/mol. The first-order valence-corrected chi connectivity index (χ1v) is 5.86. The first kappa shape index (κ1) is 15.0. The lowest BCUT2D eigenvalue weighted by atomic mass is 10.5. The molecule has 0 spiro atoms. The summed E-state index contributed by atoms with van der Waals surface area (Å²) < 4.78 is 20.3. The number of hydrogen-bond donors (Lipinski definition) is 2. The van der Waals surface area contributed by atoms with Crippen molar-refractivity contribution in [2.75, 3.05) is 32.8 Å². The van der Waals surface area contributed by atoms with Crippen LogP contribution in [0, 0.1) is 0 Å². The van der Waals surface area contributed by atoms with Crippen molar-refractivity contribution in [3.63, 3.8) is 0 Å². The number of likely N-dealkylation sites (N-methyl/N-ethyl adjacent to an activating group) is 1. The summed E-state index contributed by atoms with van der Waals surface area (Å²) >= 11 is 0. The Bertz CT molecular complexity index is 224. The van der Waals surface area contributed by atoms with Gasteiger partial charge in [0, 0.05) is 6.26 Å². The summed E-state index contributed by atoms with van der Waals surface area (Å²) in [6, 6.07) is 0. The number of rotatable bonds is 4. The summed E-state index contributed by atoms with van der Waals surface area (Å²) in [4.78, 5) is 9.98. The monoisotopic (exact) mass is 210 g/mol. The third kappa shape index (κ3) is 24.6. The molecule has 0 rings (SSSR count). The molecule has 80 valence electrons. The second-order valence-electron chi connectivity index (χ2n) is 2.66. The smallest absolute Gasteiger partial charge is 0.160 e. The highest BCUT2D eigenvalue weighted by molar-refractivity contribution is 7.90. The highest BCUT2D eigenvalue weighted by Gasteiger charge is 1.94. The third-order valence-electron chi connectivity index (χ3n) is 0.832. The van der Waals surface area contributed by atoms with Gasteiger partial charge >= 0.3 is 0 Å². The molecule has 0 aliphatic rings. The van der Waals surface area contributed by atoms with Crippen LogP contribution in [0.3, 0.4) is 0 Å². The van der Waals surface area contributed by atoms with Crippen LogP contribution in [0.15, 0.2) is 0 Å². The maximum atomic E-state index is 10.2. The van der Waals surface area contributed by atoms with Gasteiger partial charge in [-0.3, -0.25) is 4.79 Å². The van der Waals surface area contributed by atoms with Crippen molar-refractivity contribution >= 4 is 15.6 Å². The fourth-order valence-corrected chi connectivity index (χ4v) is 1.04. The first-order valence-electron chi connectivity index (χ1n) is 3.80. The summed E-state index contributed by atoms with van der Waals surface area (Å²) in [5.41, 5.74) is 0. The van der Waals surface area contributed by atoms with Gasteiger partial charge in [-0.2, -0.15) is 0 Å². The van der Waals surface area contributed by atoms with E-state index in [0.717, 1.165) is 0 Å². The van der Waals surface area contributed by atoms with Gasteiger partial charge in [-0.1, -0.05) is 0 Å². The van der Waals surface area contributed by atoms with Crippen molar-refractivity contribution in [3.05, 3.63) is 0 Å². The van der Waals surface area contributed by atoms with Crippen LogP contribution >= 0.6 is 0 Å². The minimum Gasteiger partial charge on any atom is -0.313 e. The van der Waals surface area contributed by atoms with Gasteiger partial charge in [-0.15, -0.1) is 0 Å². The van der Waals surface area contributed by atoms with Crippen LogP contribution in [0.2, 0.25) is 0 Å². The largest absolute Gasteiger partial charge is 0.313 e. The number of Topliss-reactive ketones (excluding diaryl/α,β-unsaturated/α-hetero) is 1. The Kier molecular flexibility index (Phi) is 9.43. The number of hydrogen-bond acceptors (Lipinski definition) is 5. The first-order chi connectivity index (χ1) is 5.83. The molecule has 13 heavy (non-hydrogen) atoms. The molecule has 0 aliphatic heterocycles. The second kappa shape index (κ2) is 8.15. The van der Waals surface area contributed by atoms with Crippen molar-refractivity contribution < 1.29 is 13.2 Å². The van der Waals surface area contributed by atoms with Crippen LogP contribution in [0.5, 0.6) is 0 Å². The average Bonchev–Trinajstić information content (AvgIpc) is 1.84. The van der Waals surface area contributed by atoms with Crippen molar-refractivity contribution in [1.29, 1.82) is 0 Å². The summed E-state index contributed by atoms with van der Waals surface area (Å²) in [7, 11) is 0.564. The van der Waals surface area contributed by atoms with Crippen LogP contribution in [0.4, 0.5) is 0 Å². The Hall–Kier alpha value is -0.460. The number of carbonyl (C=O) groups is 1.